The number of benzene rings is 1. The van der Waals surface area contributed by atoms with Crippen molar-refractivity contribution in [1.82, 2.24) is 4.90 Å². The number of nitrogens with zero attached hydrogens (tertiary/aromatic N) is 1. The second kappa shape index (κ2) is 10.9. The van der Waals surface area contributed by atoms with Gasteiger partial charge in [0.2, 0.25) is 0 Å². The van der Waals surface area contributed by atoms with E-state index in [-0.39, 0.29) is 24.5 Å². The number of Topliss-reactive ketones (excluding diaryl/α,β-unsaturated/α-hetero) is 1. The summed E-state index contributed by atoms with van der Waals surface area (Å²) in [6.07, 6.45) is 8.86. The van der Waals surface area contributed by atoms with Crippen LogP contribution in [-0.4, -0.2) is 29.4 Å². The lowest BCUT2D eigenvalue weighted by Crippen LogP contribution is -2.46. The van der Waals surface area contributed by atoms with E-state index in [4.69, 9.17) is 4.74 Å². The van der Waals surface area contributed by atoms with Gasteiger partial charge in [0.05, 0.1) is 0 Å². The number of hydrogen-bond acceptors (Lipinski definition) is 3. The molecule has 0 radical (unpaired) electrons. The van der Waals surface area contributed by atoms with Crippen LogP contribution >= 0.6 is 0 Å². The molecule has 1 aliphatic heterocycles. The molecule has 4 heteroatoms. The molecule has 0 aliphatic carbocycles. The molecule has 0 spiro atoms. The first kappa shape index (κ1) is 19.5. The van der Waals surface area contributed by atoms with Crippen molar-refractivity contribution in [2.75, 3.05) is 6.54 Å². The maximum absolute atomic E-state index is 12.5. The van der Waals surface area contributed by atoms with Gasteiger partial charge in [-0.1, -0.05) is 75.8 Å². The van der Waals surface area contributed by atoms with E-state index < -0.39 is 0 Å². The molecule has 4 nitrogen and oxygen atoms in total. The highest BCUT2D eigenvalue weighted by atomic mass is 16.6. The van der Waals surface area contributed by atoms with E-state index in [0.717, 1.165) is 18.4 Å². The van der Waals surface area contributed by atoms with Crippen LogP contribution in [0.3, 0.4) is 0 Å². The molecule has 1 aromatic rings. The molecule has 0 saturated carbocycles. The summed E-state index contributed by atoms with van der Waals surface area (Å²) >= 11 is 0. The Morgan fingerprint density at radius 3 is 2.60 bits per heavy atom. The molecular formula is C21H31NO3. The third kappa shape index (κ3) is 6.89. The molecule has 1 heterocycles. The Morgan fingerprint density at radius 2 is 1.84 bits per heavy atom. The SMILES string of the molecule is CCCCCCCCC1CC(=O)CCN1C(=O)OCc1ccccc1. The Bertz CT molecular complexity index is 529. The molecular weight excluding hydrogens is 314 g/mol. The zero-order valence-corrected chi connectivity index (χ0v) is 15.4. The molecule has 1 fully saturated rings. The zero-order valence-electron chi connectivity index (χ0n) is 15.4. The fourth-order valence-electron chi connectivity index (χ4n) is 3.36. The molecule has 2 rings (SSSR count). The molecule has 25 heavy (non-hydrogen) atoms. The summed E-state index contributed by atoms with van der Waals surface area (Å²) in [5.74, 6) is 0.267. The minimum Gasteiger partial charge on any atom is -0.445 e. The summed E-state index contributed by atoms with van der Waals surface area (Å²) in [6, 6.07) is 9.71. The van der Waals surface area contributed by atoms with Gasteiger partial charge < -0.3 is 9.64 Å². The zero-order chi connectivity index (χ0) is 17.9. The smallest absolute Gasteiger partial charge is 0.410 e. The number of amides is 1. The minimum absolute atomic E-state index is 0.00991. The highest BCUT2D eigenvalue weighted by molar-refractivity contribution is 5.82. The van der Waals surface area contributed by atoms with E-state index in [1.54, 1.807) is 4.90 Å². The average molecular weight is 345 g/mol. The molecule has 0 N–H and O–H groups in total. The van der Waals surface area contributed by atoms with E-state index in [1.807, 2.05) is 30.3 Å². The lowest BCUT2D eigenvalue weighted by molar-refractivity contribution is -0.122. The lowest BCUT2D eigenvalue weighted by Gasteiger charge is -2.34. The second-order valence-corrected chi connectivity index (χ2v) is 6.94. The molecule has 0 aromatic heterocycles. The standard InChI is InChI=1S/C21H31NO3/c1-2-3-4-5-6-10-13-19-16-20(23)14-15-22(19)21(24)25-17-18-11-8-7-9-12-18/h7-9,11-12,19H,2-6,10,13-17H2,1H3. The first-order valence-corrected chi connectivity index (χ1v) is 9.69. The van der Waals surface area contributed by atoms with Crippen molar-refractivity contribution in [3.63, 3.8) is 0 Å². The van der Waals surface area contributed by atoms with Crippen molar-refractivity contribution in [3.8, 4) is 0 Å². The molecule has 1 amide bonds. The topological polar surface area (TPSA) is 46.6 Å². The van der Waals surface area contributed by atoms with E-state index in [2.05, 4.69) is 6.92 Å². The van der Waals surface area contributed by atoms with Gasteiger partial charge in [0.1, 0.15) is 12.4 Å². The van der Waals surface area contributed by atoms with Crippen molar-refractivity contribution in [2.45, 2.75) is 77.4 Å². The number of likely N-dealkylation sites (tertiary alicyclic amines) is 1. The summed E-state index contributed by atoms with van der Waals surface area (Å²) in [6.45, 7) is 2.99. The fourth-order valence-corrected chi connectivity index (χ4v) is 3.36. The minimum atomic E-state index is -0.285. The van der Waals surface area contributed by atoms with Gasteiger partial charge in [0, 0.05) is 25.4 Å². The van der Waals surface area contributed by atoms with Crippen molar-refractivity contribution in [1.29, 1.82) is 0 Å². The van der Waals surface area contributed by atoms with Crippen LogP contribution in [0.25, 0.3) is 0 Å². The number of hydrogen-bond donors (Lipinski definition) is 0. The molecule has 0 bridgehead atoms. The monoisotopic (exact) mass is 345 g/mol. The van der Waals surface area contributed by atoms with Gasteiger partial charge in [-0.3, -0.25) is 4.79 Å². The summed E-state index contributed by atoms with van der Waals surface area (Å²) in [4.78, 5) is 26.0. The van der Waals surface area contributed by atoms with Crippen molar-refractivity contribution in [3.05, 3.63) is 35.9 Å². The van der Waals surface area contributed by atoms with E-state index in [0.29, 0.717) is 19.4 Å². The second-order valence-electron chi connectivity index (χ2n) is 6.94. The largest absolute Gasteiger partial charge is 0.445 e. The number of unbranched alkanes of at least 4 members (excludes halogenated alkanes) is 5. The summed E-state index contributed by atoms with van der Waals surface area (Å²) in [7, 11) is 0. The summed E-state index contributed by atoms with van der Waals surface area (Å²) < 4.78 is 5.47. The fraction of sp³-hybridized carbons (Fsp3) is 0.619. The maximum atomic E-state index is 12.5. The van der Waals surface area contributed by atoms with Gasteiger partial charge >= 0.3 is 6.09 Å². The number of carbonyl (C=O) groups is 2. The number of rotatable bonds is 9. The van der Waals surface area contributed by atoms with Crippen molar-refractivity contribution >= 4 is 11.9 Å². The van der Waals surface area contributed by atoms with Crippen LogP contribution in [0.2, 0.25) is 0 Å². The Labute approximate surface area is 151 Å². The van der Waals surface area contributed by atoms with E-state index >= 15 is 0 Å². The van der Waals surface area contributed by atoms with Gasteiger partial charge in [0.25, 0.3) is 0 Å². The van der Waals surface area contributed by atoms with Crippen molar-refractivity contribution < 1.29 is 14.3 Å². The van der Waals surface area contributed by atoms with E-state index in [1.165, 1.54) is 32.1 Å². The van der Waals surface area contributed by atoms with Gasteiger partial charge in [-0.15, -0.1) is 0 Å². The molecule has 1 atom stereocenters. The first-order chi connectivity index (χ1) is 12.2. The van der Waals surface area contributed by atoms with Crippen LogP contribution in [-0.2, 0) is 16.1 Å². The first-order valence-electron chi connectivity index (χ1n) is 9.69. The Hall–Kier alpha value is -1.84. The number of ketones is 1. The van der Waals surface area contributed by atoms with Crippen LogP contribution in [0.5, 0.6) is 0 Å². The van der Waals surface area contributed by atoms with Crippen molar-refractivity contribution in [2.24, 2.45) is 0 Å². The Kier molecular flexibility index (Phi) is 8.50. The number of carbonyl (C=O) groups excluding carboxylic acids is 2. The third-order valence-corrected chi connectivity index (χ3v) is 4.87. The quantitative estimate of drug-likeness (QED) is 0.584. The third-order valence-electron chi connectivity index (χ3n) is 4.87. The highest BCUT2D eigenvalue weighted by Gasteiger charge is 2.31. The van der Waals surface area contributed by atoms with Gasteiger partial charge in [0.15, 0.2) is 0 Å². The van der Waals surface area contributed by atoms with E-state index in [9.17, 15) is 9.59 Å². The Morgan fingerprint density at radius 1 is 1.12 bits per heavy atom. The summed E-state index contributed by atoms with van der Waals surface area (Å²) in [5, 5.41) is 0. The van der Waals surface area contributed by atoms with Crippen LogP contribution < -0.4 is 0 Å². The predicted octanol–water partition coefficient (Wildman–Crippen LogP) is 5.11. The molecule has 1 aromatic carbocycles. The highest BCUT2D eigenvalue weighted by Crippen LogP contribution is 2.21. The maximum Gasteiger partial charge on any atom is 0.410 e. The molecule has 1 unspecified atom stereocenters. The summed E-state index contributed by atoms with van der Waals surface area (Å²) in [5.41, 5.74) is 0.983. The Balaban J connectivity index is 1.78. The van der Waals surface area contributed by atoms with Crippen LogP contribution in [0.15, 0.2) is 30.3 Å². The number of piperidine rings is 1. The van der Waals surface area contributed by atoms with Gasteiger partial charge in [-0.05, 0) is 12.0 Å². The molecule has 138 valence electrons. The molecule has 1 saturated heterocycles. The average Bonchev–Trinajstić information content (AvgIpc) is 2.63. The van der Waals surface area contributed by atoms with Crippen LogP contribution in [0.1, 0.15) is 70.3 Å². The van der Waals surface area contributed by atoms with Crippen LogP contribution in [0, 0.1) is 0 Å². The predicted molar refractivity (Wildman–Crippen MR) is 99.4 cm³/mol. The normalized spacial score (nSPS) is 17.6. The molecule has 1 aliphatic rings. The lowest BCUT2D eigenvalue weighted by atomic mass is 9.96. The van der Waals surface area contributed by atoms with Gasteiger partial charge in [-0.2, -0.15) is 0 Å². The van der Waals surface area contributed by atoms with Gasteiger partial charge in [-0.25, -0.2) is 4.79 Å². The van der Waals surface area contributed by atoms with Crippen LogP contribution in [0.4, 0.5) is 4.79 Å². The number of ether oxygens (including phenoxy) is 1.